The van der Waals surface area contributed by atoms with E-state index in [-0.39, 0.29) is 5.56 Å². The molecule has 16 heavy (non-hydrogen) atoms. The highest BCUT2D eigenvalue weighted by molar-refractivity contribution is 5.39. The number of rotatable bonds is 1. The molecule has 80 valence electrons. The number of aryl methyl sites for hydroxylation is 1. The van der Waals surface area contributed by atoms with E-state index in [4.69, 9.17) is 5.26 Å². The Bertz CT molecular complexity index is 611. The molecule has 4 nitrogen and oxygen atoms in total. The summed E-state index contributed by atoms with van der Waals surface area (Å²) in [7, 11) is 1.83. The van der Waals surface area contributed by atoms with E-state index in [2.05, 4.69) is 0 Å². The van der Waals surface area contributed by atoms with Crippen molar-refractivity contribution in [3.63, 3.8) is 0 Å². The number of nitriles is 1. The van der Waals surface area contributed by atoms with Crippen LogP contribution in [0, 0.1) is 18.3 Å². The van der Waals surface area contributed by atoms with Crippen LogP contribution in [0.1, 0.15) is 11.3 Å². The lowest BCUT2D eigenvalue weighted by Crippen LogP contribution is -2.19. The summed E-state index contributed by atoms with van der Waals surface area (Å²) < 4.78 is 3.35. The van der Waals surface area contributed by atoms with Crippen molar-refractivity contribution in [2.75, 3.05) is 0 Å². The summed E-state index contributed by atoms with van der Waals surface area (Å²) in [6.45, 7) is 1.88. The number of nitrogens with zero attached hydrogens (tertiary/aromatic N) is 3. The number of hydrogen-bond acceptors (Lipinski definition) is 2. The average molecular weight is 213 g/mol. The molecule has 4 heteroatoms. The molecule has 0 N–H and O–H groups in total. The normalized spacial score (nSPS) is 10.1. The van der Waals surface area contributed by atoms with E-state index in [1.165, 1.54) is 0 Å². The molecule has 0 amide bonds. The van der Waals surface area contributed by atoms with E-state index in [0.717, 1.165) is 11.4 Å². The molecule has 0 fully saturated rings. The molecule has 2 aromatic rings. The highest BCUT2D eigenvalue weighted by Gasteiger charge is 2.06. The lowest BCUT2D eigenvalue weighted by atomic mass is 10.2. The lowest BCUT2D eigenvalue weighted by molar-refractivity contribution is 0.630. The predicted octanol–water partition coefficient (Wildman–Crippen LogP) is 1.36. The molecular formula is C12H11N3O. The summed E-state index contributed by atoms with van der Waals surface area (Å²) in [5, 5.41) is 8.69. The van der Waals surface area contributed by atoms with Crippen LogP contribution in [0.2, 0.25) is 0 Å². The van der Waals surface area contributed by atoms with E-state index in [9.17, 15) is 4.79 Å². The van der Waals surface area contributed by atoms with Crippen LogP contribution in [0.5, 0.6) is 0 Å². The van der Waals surface area contributed by atoms with Gasteiger partial charge in [0, 0.05) is 18.8 Å². The van der Waals surface area contributed by atoms with Crippen LogP contribution in [-0.4, -0.2) is 9.36 Å². The molecule has 1 heterocycles. The highest BCUT2D eigenvalue weighted by Crippen LogP contribution is 2.08. The Morgan fingerprint density at radius 1 is 1.25 bits per heavy atom. The Morgan fingerprint density at radius 3 is 2.31 bits per heavy atom. The Morgan fingerprint density at radius 2 is 1.88 bits per heavy atom. The summed E-state index contributed by atoms with van der Waals surface area (Å²) in [4.78, 5) is 11.7. The molecule has 0 unspecified atom stereocenters. The SMILES string of the molecule is Cc1cc(=O)n(-c2ccc(C#N)cc2)n1C. The molecule has 0 aliphatic carbocycles. The van der Waals surface area contributed by atoms with Gasteiger partial charge in [0.1, 0.15) is 0 Å². The maximum absolute atomic E-state index is 11.7. The maximum Gasteiger partial charge on any atom is 0.271 e. The minimum atomic E-state index is -0.0651. The van der Waals surface area contributed by atoms with E-state index in [0.29, 0.717) is 5.56 Å². The van der Waals surface area contributed by atoms with Crippen molar-refractivity contribution >= 4 is 0 Å². The topological polar surface area (TPSA) is 50.7 Å². The van der Waals surface area contributed by atoms with Gasteiger partial charge in [-0.2, -0.15) is 5.26 Å². The number of aromatic nitrogens is 2. The largest absolute Gasteiger partial charge is 0.285 e. The smallest absolute Gasteiger partial charge is 0.271 e. The summed E-state index contributed by atoms with van der Waals surface area (Å²) in [5.74, 6) is 0. The van der Waals surface area contributed by atoms with Gasteiger partial charge in [-0.1, -0.05) is 0 Å². The van der Waals surface area contributed by atoms with Crippen LogP contribution in [-0.2, 0) is 7.05 Å². The first-order valence-corrected chi connectivity index (χ1v) is 4.89. The first-order valence-electron chi connectivity index (χ1n) is 4.89. The van der Waals surface area contributed by atoms with Crippen molar-refractivity contribution in [1.29, 1.82) is 5.26 Å². The summed E-state index contributed by atoms with van der Waals surface area (Å²) in [5.41, 5.74) is 2.18. The Hall–Kier alpha value is -2.28. The average Bonchev–Trinajstić information content (AvgIpc) is 2.54. The fourth-order valence-electron chi connectivity index (χ4n) is 1.62. The molecule has 0 atom stereocenters. The zero-order valence-electron chi connectivity index (χ0n) is 9.14. The maximum atomic E-state index is 11.7. The van der Waals surface area contributed by atoms with Crippen LogP contribution in [0.3, 0.4) is 0 Å². The molecule has 0 radical (unpaired) electrons. The molecule has 0 aliphatic rings. The predicted molar refractivity (Wildman–Crippen MR) is 60.5 cm³/mol. The third-order valence-corrected chi connectivity index (χ3v) is 2.59. The van der Waals surface area contributed by atoms with Gasteiger partial charge in [0.25, 0.3) is 5.56 Å². The summed E-state index contributed by atoms with van der Waals surface area (Å²) >= 11 is 0. The van der Waals surface area contributed by atoms with Crippen LogP contribution < -0.4 is 5.56 Å². The molecule has 0 saturated heterocycles. The Labute approximate surface area is 93.0 Å². The van der Waals surface area contributed by atoms with Gasteiger partial charge < -0.3 is 0 Å². The van der Waals surface area contributed by atoms with Crippen molar-refractivity contribution < 1.29 is 0 Å². The fourth-order valence-corrected chi connectivity index (χ4v) is 1.62. The Kier molecular flexibility index (Phi) is 2.37. The molecule has 0 bridgehead atoms. The zero-order valence-corrected chi connectivity index (χ0v) is 9.14. The minimum Gasteiger partial charge on any atom is -0.285 e. The van der Waals surface area contributed by atoms with Gasteiger partial charge in [-0.05, 0) is 31.2 Å². The molecule has 1 aromatic carbocycles. The van der Waals surface area contributed by atoms with Gasteiger partial charge in [-0.3, -0.25) is 9.48 Å². The van der Waals surface area contributed by atoms with E-state index < -0.39 is 0 Å². The second-order valence-electron chi connectivity index (χ2n) is 3.62. The van der Waals surface area contributed by atoms with E-state index in [1.54, 1.807) is 39.7 Å². The quantitative estimate of drug-likeness (QED) is 0.718. The van der Waals surface area contributed by atoms with Gasteiger partial charge in [-0.15, -0.1) is 0 Å². The van der Waals surface area contributed by atoms with E-state index >= 15 is 0 Å². The molecular weight excluding hydrogens is 202 g/mol. The van der Waals surface area contributed by atoms with Gasteiger partial charge in [0.15, 0.2) is 0 Å². The van der Waals surface area contributed by atoms with E-state index in [1.807, 2.05) is 20.0 Å². The van der Waals surface area contributed by atoms with Gasteiger partial charge >= 0.3 is 0 Å². The third kappa shape index (κ3) is 1.52. The minimum absolute atomic E-state index is 0.0651. The van der Waals surface area contributed by atoms with Crippen LogP contribution in [0.15, 0.2) is 35.1 Å². The summed E-state index contributed by atoms with van der Waals surface area (Å²) in [6.07, 6.45) is 0. The molecule has 0 spiro atoms. The second kappa shape index (κ2) is 3.70. The summed E-state index contributed by atoms with van der Waals surface area (Å²) in [6, 6.07) is 10.6. The Balaban J connectivity index is 2.60. The molecule has 0 aliphatic heterocycles. The molecule has 0 saturated carbocycles. The van der Waals surface area contributed by atoms with Crippen molar-refractivity contribution in [3.05, 3.63) is 51.9 Å². The van der Waals surface area contributed by atoms with Crippen molar-refractivity contribution in [2.24, 2.45) is 7.05 Å². The standard InChI is InChI=1S/C12H11N3O/c1-9-7-12(16)15(14(9)2)11-5-3-10(8-13)4-6-11/h3-7H,1-2H3. The number of hydrogen-bond donors (Lipinski definition) is 0. The first-order chi connectivity index (χ1) is 7.63. The molecule has 2 rings (SSSR count). The van der Waals surface area contributed by atoms with Crippen molar-refractivity contribution in [2.45, 2.75) is 6.92 Å². The second-order valence-corrected chi connectivity index (χ2v) is 3.62. The fraction of sp³-hybridized carbons (Fsp3) is 0.167. The van der Waals surface area contributed by atoms with Crippen LogP contribution in [0.4, 0.5) is 0 Å². The third-order valence-electron chi connectivity index (χ3n) is 2.59. The van der Waals surface area contributed by atoms with Gasteiger partial charge in [-0.25, -0.2) is 4.68 Å². The van der Waals surface area contributed by atoms with Gasteiger partial charge in [0.2, 0.25) is 0 Å². The molecule has 1 aromatic heterocycles. The zero-order chi connectivity index (χ0) is 11.7. The van der Waals surface area contributed by atoms with Gasteiger partial charge in [0.05, 0.1) is 17.3 Å². The van der Waals surface area contributed by atoms with Crippen LogP contribution >= 0.6 is 0 Å². The number of benzene rings is 1. The monoisotopic (exact) mass is 213 g/mol. The van der Waals surface area contributed by atoms with Crippen molar-refractivity contribution in [1.82, 2.24) is 9.36 Å². The lowest BCUT2D eigenvalue weighted by Gasteiger charge is -2.08. The highest BCUT2D eigenvalue weighted by atomic mass is 16.1. The van der Waals surface area contributed by atoms with Crippen LogP contribution in [0.25, 0.3) is 5.69 Å². The first kappa shape index (κ1) is 10.2. The van der Waals surface area contributed by atoms with Crippen molar-refractivity contribution in [3.8, 4) is 11.8 Å².